The highest BCUT2D eigenvalue weighted by Gasteiger charge is 2.24. The van der Waals surface area contributed by atoms with Crippen LogP contribution in [0.1, 0.15) is 47.3 Å². The van der Waals surface area contributed by atoms with Crippen LogP contribution in [-0.4, -0.2) is 50.8 Å². The zero-order valence-electron chi connectivity index (χ0n) is 17.0. The first-order chi connectivity index (χ1) is 13.6. The van der Waals surface area contributed by atoms with Crippen molar-refractivity contribution in [1.29, 1.82) is 0 Å². The summed E-state index contributed by atoms with van der Waals surface area (Å²) in [6.07, 6.45) is 0. The standard InChI is InChI=1S/C23H30N2O3/c1-17(2)18-8-10-19(11-9-18)21(25-12-14-28-15-13-25)16-24-23(26)20-6-4-5-7-22(20)27-3/h4-11,17,21H,12-16H2,1-3H3,(H,24,26)/t21-/m1/s1. The molecule has 2 aromatic carbocycles. The van der Waals surface area contributed by atoms with Gasteiger partial charge in [0.05, 0.1) is 31.9 Å². The zero-order chi connectivity index (χ0) is 19.9. The van der Waals surface area contributed by atoms with Crippen LogP contribution in [0, 0.1) is 0 Å². The van der Waals surface area contributed by atoms with Crippen LogP contribution in [0.15, 0.2) is 48.5 Å². The molecular weight excluding hydrogens is 352 g/mol. The first-order valence-corrected chi connectivity index (χ1v) is 9.93. The fraction of sp³-hybridized carbons (Fsp3) is 0.435. The molecule has 1 amide bonds. The number of nitrogens with one attached hydrogen (secondary N) is 1. The van der Waals surface area contributed by atoms with E-state index in [0.29, 0.717) is 23.8 Å². The summed E-state index contributed by atoms with van der Waals surface area (Å²) in [5.74, 6) is 0.972. The number of carbonyl (C=O) groups is 1. The molecule has 0 aromatic heterocycles. The third kappa shape index (κ3) is 4.91. The fourth-order valence-electron chi connectivity index (χ4n) is 3.57. The van der Waals surface area contributed by atoms with Crippen LogP contribution in [0.2, 0.25) is 0 Å². The maximum Gasteiger partial charge on any atom is 0.255 e. The van der Waals surface area contributed by atoms with Crippen LogP contribution in [0.3, 0.4) is 0 Å². The minimum absolute atomic E-state index is 0.115. The maximum absolute atomic E-state index is 12.8. The van der Waals surface area contributed by atoms with Crippen molar-refractivity contribution in [2.45, 2.75) is 25.8 Å². The number of methoxy groups -OCH3 is 1. The summed E-state index contributed by atoms with van der Waals surface area (Å²) in [6.45, 7) is 8.10. The van der Waals surface area contributed by atoms with E-state index in [4.69, 9.17) is 9.47 Å². The minimum Gasteiger partial charge on any atom is -0.496 e. The molecule has 28 heavy (non-hydrogen) atoms. The predicted molar refractivity (Wildman–Crippen MR) is 111 cm³/mol. The van der Waals surface area contributed by atoms with Gasteiger partial charge in [0.15, 0.2) is 0 Å². The highest BCUT2D eigenvalue weighted by molar-refractivity contribution is 5.96. The second-order valence-electron chi connectivity index (χ2n) is 7.40. The molecule has 0 spiro atoms. The van der Waals surface area contributed by atoms with E-state index in [1.54, 1.807) is 19.2 Å². The lowest BCUT2D eigenvalue weighted by atomic mass is 9.98. The van der Waals surface area contributed by atoms with Gasteiger partial charge in [0.1, 0.15) is 5.75 Å². The topological polar surface area (TPSA) is 50.8 Å². The van der Waals surface area contributed by atoms with E-state index < -0.39 is 0 Å². The molecule has 0 saturated carbocycles. The predicted octanol–water partition coefficient (Wildman–Crippen LogP) is 3.62. The Bertz CT molecular complexity index is 768. The van der Waals surface area contributed by atoms with Gasteiger partial charge in [-0.25, -0.2) is 0 Å². The number of hydrogen-bond donors (Lipinski definition) is 1. The lowest BCUT2D eigenvalue weighted by Gasteiger charge is -2.35. The van der Waals surface area contributed by atoms with Gasteiger partial charge in [0, 0.05) is 19.6 Å². The number of nitrogens with zero attached hydrogens (tertiary/aromatic N) is 1. The summed E-state index contributed by atoms with van der Waals surface area (Å²) in [4.78, 5) is 15.1. The molecule has 0 aliphatic carbocycles. The number of carbonyl (C=O) groups excluding carboxylic acids is 1. The number of morpholine rings is 1. The third-order valence-corrected chi connectivity index (χ3v) is 5.28. The Morgan fingerprint density at radius 1 is 1.07 bits per heavy atom. The molecule has 1 aliphatic rings. The van der Waals surface area contributed by atoms with E-state index >= 15 is 0 Å². The Morgan fingerprint density at radius 2 is 1.71 bits per heavy atom. The minimum atomic E-state index is -0.116. The summed E-state index contributed by atoms with van der Waals surface area (Å²) >= 11 is 0. The second-order valence-corrected chi connectivity index (χ2v) is 7.40. The van der Waals surface area contributed by atoms with Gasteiger partial charge >= 0.3 is 0 Å². The molecule has 1 N–H and O–H groups in total. The molecule has 1 aliphatic heterocycles. The first kappa shape index (κ1) is 20.4. The lowest BCUT2D eigenvalue weighted by Crippen LogP contribution is -2.43. The molecule has 0 unspecified atom stereocenters. The van der Waals surface area contributed by atoms with Crippen molar-refractivity contribution in [2.75, 3.05) is 40.0 Å². The van der Waals surface area contributed by atoms with E-state index in [-0.39, 0.29) is 11.9 Å². The summed E-state index contributed by atoms with van der Waals surface area (Å²) in [7, 11) is 1.58. The SMILES string of the molecule is COc1ccccc1C(=O)NC[C@H](c1ccc(C(C)C)cc1)N1CCOCC1. The average molecular weight is 383 g/mol. The quantitative estimate of drug-likeness (QED) is 0.795. The number of benzene rings is 2. The molecule has 1 saturated heterocycles. The van der Waals surface area contributed by atoms with Gasteiger partial charge in [-0.1, -0.05) is 50.2 Å². The highest BCUT2D eigenvalue weighted by Crippen LogP contribution is 2.24. The van der Waals surface area contributed by atoms with Crippen LogP contribution < -0.4 is 10.1 Å². The van der Waals surface area contributed by atoms with Gasteiger partial charge in [-0.05, 0) is 29.2 Å². The monoisotopic (exact) mass is 382 g/mol. The van der Waals surface area contributed by atoms with Crippen molar-refractivity contribution < 1.29 is 14.3 Å². The molecule has 1 atom stereocenters. The largest absolute Gasteiger partial charge is 0.496 e. The Hall–Kier alpha value is -2.37. The molecule has 150 valence electrons. The maximum atomic E-state index is 12.8. The number of ether oxygens (including phenoxy) is 2. The molecule has 2 aromatic rings. The van der Waals surface area contributed by atoms with Crippen molar-refractivity contribution in [3.05, 3.63) is 65.2 Å². The van der Waals surface area contributed by atoms with E-state index in [0.717, 1.165) is 26.3 Å². The van der Waals surface area contributed by atoms with Crippen LogP contribution in [0.4, 0.5) is 0 Å². The third-order valence-electron chi connectivity index (χ3n) is 5.28. The first-order valence-electron chi connectivity index (χ1n) is 9.93. The molecule has 1 fully saturated rings. The van der Waals surface area contributed by atoms with Gasteiger partial charge in [0.2, 0.25) is 0 Å². The van der Waals surface area contributed by atoms with E-state index in [1.165, 1.54) is 11.1 Å². The Labute approximate surface area is 167 Å². The average Bonchev–Trinajstić information content (AvgIpc) is 2.74. The van der Waals surface area contributed by atoms with Crippen molar-refractivity contribution in [3.8, 4) is 5.75 Å². The molecule has 3 rings (SSSR count). The Balaban J connectivity index is 1.76. The lowest BCUT2D eigenvalue weighted by molar-refractivity contribution is 0.0162. The highest BCUT2D eigenvalue weighted by atomic mass is 16.5. The van der Waals surface area contributed by atoms with E-state index in [1.807, 2.05) is 12.1 Å². The Kier molecular flexibility index (Phi) is 7.06. The van der Waals surface area contributed by atoms with Crippen molar-refractivity contribution in [2.24, 2.45) is 0 Å². The normalized spacial score (nSPS) is 16.0. The van der Waals surface area contributed by atoms with Crippen LogP contribution in [-0.2, 0) is 4.74 Å². The van der Waals surface area contributed by atoms with Gasteiger partial charge in [0.25, 0.3) is 5.91 Å². The molecule has 0 radical (unpaired) electrons. The van der Waals surface area contributed by atoms with Gasteiger partial charge in [-0.3, -0.25) is 9.69 Å². The summed E-state index contributed by atoms with van der Waals surface area (Å²) in [5.41, 5.74) is 3.09. The molecular formula is C23H30N2O3. The zero-order valence-corrected chi connectivity index (χ0v) is 17.0. The number of para-hydroxylation sites is 1. The number of amides is 1. The molecule has 1 heterocycles. The van der Waals surface area contributed by atoms with Gasteiger partial charge < -0.3 is 14.8 Å². The van der Waals surface area contributed by atoms with Crippen molar-refractivity contribution >= 4 is 5.91 Å². The molecule has 5 nitrogen and oxygen atoms in total. The Morgan fingerprint density at radius 3 is 2.36 bits per heavy atom. The second kappa shape index (κ2) is 9.71. The van der Waals surface area contributed by atoms with Crippen molar-refractivity contribution in [1.82, 2.24) is 10.2 Å². The van der Waals surface area contributed by atoms with E-state index in [2.05, 4.69) is 48.3 Å². The van der Waals surface area contributed by atoms with E-state index in [9.17, 15) is 4.79 Å². The molecule has 0 bridgehead atoms. The number of hydrogen-bond acceptors (Lipinski definition) is 4. The molecule has 5 heteroatoms. The number of rotatable bonds is 7. The summed E-state index contributed by atoms with van der Waals surface area (Å²) < 4.78 is 10.8. The van der Waals surface area contributed by atoms with Gasteiger partial charge in [-0.2, -0.15) is 0 Å². The van der Waals surface area contributed by atoms with Crippen molar-refractivity contribution in [3.63, 3.8) is 0 Å². The van der Waals surface area contributed by atoms with Gasteiger partial charge in [-0.15, -0.1) is 0 Å². The van der Waals surface area contributed by atoms with Crippen LogP contribution in [0.5, 0.6) is 5.75 Å². The van der Waals surface area contributed by atoms with Crippen LogP contribution in [0.25, 0.3) is 0 Å². The smallest absolute Gasteiger partial charge is 0.255 e. The fourth-order valence-corrected chi connectivity index (χ4v) is 3.57. The van der Waals surface area contributed by atoms with Crippen LogP contribution >= 0.6 is 0 Å². The summed E-state index contributed by atoms with van der Waals surface area (Å²) in [5, 5.41) is 3.11. The summed E-state index contributed by atoms with van der Waals surface area (Å²) in [6, 6.07) is 16.2.